The molecule has 0 saturated heterocycles. The summed E-state index contributed by atoms with van der Waals surface area (Å²) in [4.78, 5) is 28.9. The number of halogens is 1. The second-order valence-corrected chi connectivity index (χ2v) is 9.83. The monoisotopic (exact) mass is 458 g/mol. The molecule has 1 aliphatic rings. The SMILES string of the molecule is Cc1ccc(SCCC(=O)N(Cc2cccc(Cl)c2)[C@@H](C)C(=O)NC2CCCC2)cc1. The summed E-state index contributed by atoms with van der Waals surface area (Å²) >= 11 is 7.80. The largest absolute Gasteiger partial charge is 0.352 e. The zero-order chi connectivity index (χ0) is 22.2. The lowest BCUT2D eigenvalue weighted by molar-refractivity contribution is -0.140. The molecule has 2 amide bonds. The van der Waals surface area contributed by atoms with E-state index >= 15 is 0 Å². The van der Waals surface area contributed by atoms with Gasteiger partial charge in [-0.05, 0) is 56.5 Å². The summed E-state index contributed by atoms with van der Waals surface area (Å²) in [5, 5.41) is 3.76. The first-order valence-corrected chi connectivity index (χ1v) is 12.3. The Labute approximate surface area is 194 Å². The van der Waals surface area contributed by atoms with Gasteiger partial charge in [-0.15, -0.1) is 11.8 Å². The number of nitrogens with one attached hydrogen (secondary N) is 1. The van der Waals surface area contributed by atoms with E-state index in [4.69, 9.17) is 11.6 Å². The molecule has 2 aromatic rings. The van der Waals surface area contributed by atoms with E-state index < -0.39 is 6.04 Å². The molecule has 31 heavy (non-hydrogen) atoms. The number of nitrogens with zero attached hydrogens (tertiary/aromatic N) is 1. The lowest BCUT2D eigenvalue weighted by Gasteiger charge is -2.30. The van der Waals surface area contributed by atoms with Crippen LogP contribution in [-0.2, 0) is 16.1 Å². The van der Waals surface area contributed by atoms with Gasteiger partial charge in [-0.3, -0.25) is 9.59 Å². The van der Waals surface area contributed by atoms with Crippen molar-refractivity contribution in [3.63, 3.8) is 0 Å². The Balaban J connectivity index is 1.65. The lowest BCUT2D eigenvalue weighted by atomic mass is 10.1. The van der Waals surface area contributed by atoms with E-state index in [1.807, 2.05) is 31.2 Å². The number of carbonyl (C=O) groups excluding carboxylic acids is 2. The molecule has 1 N–H and O–H groups in total. The predicted molar refractivity (Wildman–Crippen MR) is 128 cm³/mol. The Hall–Kier alpha value is -1.98. The normalized spacial score (nSPS) is 14.9. The molecule has 1 fully saturated rings. The summed E-state index contributed by atoms with van der Waals surface area (Å²) in [6.07, 6.45) is 4.73. The van der Waals surface area contributed by atoms with Crippen molar-refractivity contribution in [2.24, 2.45) is 0 Å². The van der Waals surface area contributed by atoms with Crippen molar-refractivity contribution in [2.45, 2.75) is 69.5 Å². The van der Waals surface area contributed by atoms with Crippen LogP contribution in [0.2, 0.25) is 5.02 Å². The fraction of sp³-hybridized carbons (Fsp3) is 0.440. The highest BCUT2D eigenvalue weighted by Gasteiger charge is 2.28. The van der Waals surface area contributed by atoms with Crippen LogP contribution in [0.4, 0.5) is 0 Å². The topological polar surface area (TPSA) is 49.4 Å². The lowest BCUT2D eigenvalue weighted by Crippen LogP contribution is -2.49. The highest BCUT2D eigenvalue weighted by Crippen LogP contribution is 2.22. The third kappa shape index (κ3) is 7.29. The van der Waals surface area contributed by atoms with Crippen LogP contribution in [0.25, 0.3) is 0 Å². The van der Waals surface area contributed by atoms with Crippen LogP contribution in [0.15, 0.2) is 53.4 Å². The van der Waals surface area contributed by atoms with E-state index in [0.29, 0.717) is 23.7 Å². The van der Waals surface area contributed by atoms with Crippen LogP contribution in [0.3, 0.4) is 0 Å². The van der Waals surface area contributed by atoms with Crippen LogP contribution < -0.4 is 5.32 Å². The molecule has 166 valence electrons. The Kier molecular flexibility index (Phi) is 8.85. The first-order valence-electron chi connectivity index (χ1n) is 11.0. The predicted octanol–water partition coefficient (Wildman–Crippen LogP) is 5.61. The Morgan fingerprint density at radius 1 is 1.16 bits per heavy atom. The van der Waals surface area contributed by atoms with Crippen LogP contribution >= 0.6 is 23.4 Å². The quantitative estimate of drug-likeness (QED) is 0.497. The maximum atomic E-state index is 13.2. The molecule has 0 spiro atoms. The van der Waals surface area contributed by atoms with Gasteiger partial charge in [0.15, 0.2) is 0 Å². The molecule has 0 radical (unpaired) electrons. The number of thioether (sulfide) groups is 1. The average molecular weight is 459 g/mol. The molecular formula is C25H31ClN2O2S. The van der Waals surface area contributed by atoms with Gasteiger partial charge in [-0.2, -0.15) is 0 Å². The smallest absolute Gasteiger partial charge is 0.242 e. The van der Waals surface area contributed by atoms with Crippen LogP contribution in [0.5, 0.6) is 0 Å². The summed E-state index contributed by atoms with van der Waals surface area (Å²) < 4.78 is 0. The van der Waals surface area contributed by atoms with Gasteiger partial charge in [-0.25, -0.2) is 0 Å². The second-order valence-electron chi connectivity index (χ2n) is 8.23. The zero-order valence-electron chi connectivity index (χ0n) is 18.3. The molecule has 0 aliphatic heterocycles. The number of rotatable bonds is 9. The van der Waals surface area contributed by atoms with E-state index in [2.05, 4.69) is 36.5 Å². The minimum absolute atomic E-state index is 0.0198. The first kappa shape index (κ1) is 23.7. The van der Waals surface area contributed by atoms with Crippen LogP contribution in [-0.4, -0.2) is 34.6 Å². The minimum atomic E-state index is -0.531. The molecule has 6 heteroatoms. The molecule has 4 nitrogen and oxygen atoms in total. The molecular weight excluding hydrogens is 428 g/mol. The third-order valence-electron chi connectivity index (χ3n) is 5.72. The van der Waals surface area contributed by atoms with Crippen molar-refractivity contribution in [1.82, 2.24) is 10.2 Å². The second kappa shape index (κ2) is 11.6. The summed E-state index contributed by atoms with van der Waals surface area (Å²) in [5.41, 5.74) is 2.14. The van der Waals surface area contributed by atoms with E-state index in [-0.39, 0.29) is 17.9 Å². The molecule has 1 saturated carbocycles. The Morgan fingerprint density at radius 2 is 1.87 bits per heavy atom. The molecule has 3 rings (SSSR count). The van der Waals surface area contributed by atoms with Crippen molar-refractivity contribution in [3.05, 3.63) is 64.7 Å². The van der Waals surface area contributed by atoms with Crippen molar-refractivity contribution in [2.75, 3.05) is 5.75 Å². The minimum Gasteiger partial charge on any atom is -0.352 e. The highest BCUT2D eigenvalue weighted by atomic mass is 35.5. The van der Waals surface area contributed by atoms with Gasteiger partial charge in [0, 0.05) is 34.7 Å². The van der Waals surface area contributed by atoms with Crippen LogP contribution in [0.1, 0.15) is 50.2 Å². The van der Waals surface area contributed by atoms with E-state index in [1.165, 1.54) is 5.56 Å². The number of aryl methyl sites for hydroxylation is 1. The fourth-order valence-electron chi connectivity index (χ4n) is 3.84. The van der Waals surface area contributed by atoms with Gasteiger partial charge in [0.2, 0.25) is 11.8 Å². The van der Waals surface area contributed by atoms with Crippen LogP contribution in [0, 0.1) is 6.92 Å². The van der Waals surface area contributed by atoms with Gasteiger partial charge in [0.25, 0.3) is 0 Å². The number of benzene rings is 2. The maximum Gasteiger partial charge on any atom is 0.242 e. The number of amides is 2. The number of carbonyl (C=O) groups is 2. The Morgan fingerprint density at radius 3 is 2.55 bits per heavy atom. The average Bonchev–Trinajstić information content (AvgIpc) is 3.26. The maximum absolute atomic E-state index is 13.2. The summed E-state index contributed by atoms with van der Waals surface area (Å²) in [6, 6.07) is 15.5. The zero-order valence-corrected chi connectivity index (χ0v) is 19.8. The Bertz CT molecular complexity index is 881. The number of hydrogen-bond acceptors (Lipinski definition) is 3. The van der Waals surface area contributed by atoms with E-state index in [0.717, 1.165) is 36.1 Å². The molecule has 1 aliphatic carbocycles. The molecule has 0 heterocycles. The molecule has 1 atom stereocenters. The van der Waals surface area contributed by atoms with Gasteiger partial charge >= 0.3 is 0 Å². The van der Waals surface area contributed by atoms with E-state index in [9.17, 15) is 9.59 Å². The fourth-order valence-corrected chi connectivity index (χ4v) is 4.89. The standard InChI is InChI=1S/C25H31ClN2O2S/c1-18-10-12-23(13-11-18)31-15-14-24(29)28(17-20-6-5-7-21(26)16-20)19(2)25(30)27-22-8-3-4-9-22/h5-7,10-13,16,19,22H,3-4,8-9,14-15,17H2,1-2H3,(H,27,30)/t19-/m0/s1. The van der Waals surface area contributed by atoms with Gasteiger partial charge in [-0.1, -0.05) is 54.3 Å². The first-order chi connectivity index (χ1) is 14.9. The van der Waals surface area contributed by atoms with Gasteiger partial charge < -0.3 is 10.2 Å². The molecule has 0 aromatic heterocycles. The number of hydrogen-bond donors (Lipinski definition) is 1. The van der Waals surface area contributed by atoms with E-state index in [1.54, 1.807) is 16.7 Å². The summed E-state index contributed by atoms with van der Waals surface area (Å²) in [5.74, 6) is 0.576. The van der Waals surface area contributed by atoms with Gasteiger partial charge in [0.05, 0.1) is 0 Å². The van der Waals surface area contributed by atoms with Crippen molar-refractivity contribution >= 4 is 35.2 Å². The highest BCUT2D eigenvalue weighted by molar-refractivity contribution is 7.99. The van der Waals surface area contributed by atoms with Crippen molar-refractivity contribution in [3.8, 4) is 0 Å². The third-order valence-corrected chi connectivity index (χ3v) is 6.97. The molecule has 2 aromatic carbocycles. The molecule has 0 bridgehead atoms. The van der Waals surface area contributed by atoms with Gasteiger partial charge in [0.1, 0.15) is 6.04 Å². The summed E-state index contributed by atoms with van der Waals surface area (Å²) in [6.45, 7) is 4.25. The summed E-state index contributed by atoms with van der Waals surface area (Å²) in [7, 11) is 0. The van der Waals surface area contributed by atoms with Crippen molar-refractivity contribution in [1.29, 1.82) is 0 Å². The molecule has 0 unspecified atom stereocenters. The van der Waals surface area contributed by atoms with Crippen molar-refractivity contribution < 1.29 is 9.59 Å².